The van der Waals surface area contributed by atoms with Crippen LogP contribution in [0.5, 0.6) is 0 Å². The van der Waals surface area contributed by atoms with Crippen molar-refractivity contribution in [2.75, 3.05) is 6.61 Å². The molecule has 9 nitrogen and oxygen atoms in total. The summed E-state index contributed by atoms with van der Waals surface area (Å²) in [6.45, 7) is 6.72. The number of thiocarbonyl (C=S) groups is 1. The SMILES string of the molecule is CCOC(=O)N1C(=S)N=C(C)C(C(=O)OC(C)C)C1c1cccc([N+](=O)[O-])c1. The fraction of sp³-hybridized carbons (Fsp3) is 0.444. The van der Waals surface area contributed by atoms with E-state index in [1.807, 2.05) is 0 Å². The van der Waals surface area contributed by atoms with Gasteiger partial charge in [-0.2, -0.15) is 0 Å². The minimum absolute atomic E-state index is 0.0824. The highest BCUT2D eigenvalue weighted by atomic mass is 32.1. The van der Waals surface area contributed by atoms with Crippen LogP contribution in [0.2, 0.25) is 0 Å². The molecule has 1 aromatic carbocycles. The number of rotatable bonds is 5. The van der Waals surface area contributed by atoms with Crippen LogP contribution in [-0.4, -0.2) is 45.4 Å². The van der Waals surface area contributed by atoms with Gasteiger partial charge >= 0.3 is 12.1 Å². The summed E-state index contributed by atoms with van der Waals surface area (Å²) in [5.41, 5.74) is 0.528. The van der Waals surface area contributed by atoms with Gasteiger partial charge in [0.25, 0.3) is 5.69 Å². The molecule has 0 N–H and O–H groups in total. The van der Waals surface area contributed by atoms with Crippen molar-refractivity contribution >= 4 is 40.8 Å². The molecule has 0 saturated heterocycles. The van der Waals surface area contributed by atoms with Crippen LogP contribution < -0.4 is 0 Å². The molecule has 150 valence electrons. The van der Waals surface area contributed by atoms with Gasteiger partial charge in [-0.25, -0.2) is 14.7 Å². The van der Waals surface area contributed by atoms with Crippen molar-refractivity contribution in [2.24, 2.45) is 10.9 Å². The average Bonchev–Trinajstić information content (AvgIpc) is 2.60. The normalized spacial score (nSPS) is 19.2. The van der Waals surface area contributed by atoms with Crippen molar-refractivity contribution < 1.29 is 24.0 Å². The summed E-state index contributed by atoms with van der Waals surface area (Å²) in [5.74, 6) is -1.59. The van der Waals surface area contributed by atoms with Crippen molar-refractivity contribution in [2.45, 2.75) is 39.8 Å². The first-order valence-electron chi connectivity index (χ1n) is 8.67. The molecule has 2 unspecified atom stereocenters. The Kier molecular flexibility index (Phi) is 6.79. The smallest absolute Gasteiger partial charge is 0.416 e. The first-order valence-corrected chi connectivity index (χ1v) is 9.08. The number of carbonyl (C=O) groups is 2. The first-order chi connectivity index (χ1) is 13.2. The molecule has 1 aliphatic heterocycles. The molecule has 0 aliphatic carbocycles. The molecule has 28 heavy (non-hydrogen) atoms. The number of amides is 1. The number of nitro groups is 1. The lowest BCUT2D eigenvalue weighted by Crippen LogP contribution is -2.50. The molecule has 0 spiro atoms. The van der Waals surface area contributed by atoms with Gasteiger partial charge in [0.05, 0.1) is 23.7 Å². The van der Waals surface area contributed by atoms with E-state index in [0.717, 1.165) is 4.90 Å². The van der Waals surface area contributed by atoms with Crippen LogP contribution in [0.4, 0.5) is 10.5 Å². The van der Waals surface area contributed by atoms with Crippen molar-refractivity contribution in [1.29, 1.82) is 0 Å². The topological polar surface area (TPSA) is 111 Å². The Bertz CT molecular complexity index is 838. The number of carbonyl (C=O) groups excluding carboxylic acids is 2. The van der Waals surface area contributed by atoms with E-state index in [1.54, 1.807) is 33.8 Å². The zero-order valence-corrected chi connectivity index (χ0v) is 16.8. The molecule has 0 aromatic heterocycles. The molecule has 0 saturated carbocycles. The minimum Gasteiger partial charge on any atom is -0.462 e. The fourth-order valence-electron chi connectivity index (χ4n) is 2.92. The van der Waals surface area contributed by atoms with E-state index < -0.39 is 35.0 Å². The number of nitrogens with zero attached hydrogens (tertiary/aromatic N) is 3. The second-order valence-electron chi connectivity index (χ2n) is 6.36. The van der Waals surface area contributed by atoms with Gasteiger partial charge in [0, 0.05) is 17.8 Å². The van der Waals surface area contributed by atoms with Gasteiger partial charge in [-0.15, -0.1) is 0 Å². The molecule has 1 aromatic rings. The Hall–Kier alpha value is -2.88. The number of hydrogen-bond donors (Lipinski definition) is 0. The lowest BCUT2D eigenvalue weighted by molar-refractivity contribution is -0.385. The molecule has 0 fully saturated rings. The number of aliphatic imine (C=N–C) groups is 1. The van der Waals surface area contributed by atoms with Crippen LogP contribution in [0.1, 0.15) is 39.3 Å². The highest BCUT2D eigenvalue weighted by Crippen LogP contribution is 2.37. The monoisotopic (exact) mass is 407 g/mol. The molecule has 2 rings (SSSR count). The maximum absolute atomic E-state index is 12.8. The summed E-state index contributed by atoms with van der Waals surface area (Å²) in [6.07, 6.45) is -1.18. The predicted molar refractivity (Wildman–Crippen MR) is 105 cm³/mol. The Balaban J connectivity index is 2.63. The van der Waals surface area contributed by atoms with E-state index in [4.69, 9.17) is 21.7 Å². The Morgan fingerprint density at radius 2 is 2.07 bits per heavy atom. The van der Waals surface area contributed by atoms with Gasteiger partial charge in [-0.3, -0.25) is 14.9 Å². The molecule has 1 amide bonds. The lowest BCUT2D eigenvalue weighted by atomic mass is 9.87. The average molecular weight is 407 g/mol. The van der Waals surface area contributed by atoms with Gasteiger partial charge in [-0.1, -0.05) is 12.1 Å². The summed E-state index contributed by atoms with van der Waals surface area (Å²) >= 11 is 5.24. The van der Waals surface area contributed by atoms with Crippen LogP contribution in [-0.2, 0) is 14.3 Å². The minimum atomic E-state index is -0.986. The zero-order valence-electron chi connectivity index (χ0n) is 15.9. The largest absolute Gasteiger partial charge is 0.462 e. The third-order valence-corrected chi connectivity index (χ3v) is 4.30. The summed E-state index contributed by atoms with van der Waals surface area (Å²) in [4.78, 5) is 41.2. The molecular weight excluding hydrogens is 386 g/mol. The van der Waals surface area contributed by atoms with Crippen molar-refractivity contribution in [3.05, 3.63) is 39.9 Å². The standard InChI is InChI=1S/C18H21N3O6S/c1-5-26-18(23)20-15(12-7-6-8-13(9-12)21(24)25)14(11(4)19-17(20)28)16(22)27-10(2)3/h6-10,14-15H,5H2,1-4H3. The predicted octanol–water partition coefficient (Wildman–Crippen LogP) is 3.42. The van der Waals surface area contributed by atoms with Crippen LogP contribution in [0.15, 0.2) is 29.3 Å². The molecule has 1 heterocycles. The number of esters is 1. The van der Waals surface area contributed by atoms with Crippen LogP contribution in [0.3, 0.4) is 0 Å². The first kappa shape index (κ1) is 21.4. The third kappa shape index (κ3) is 4.50. The van der Waals surface area contributed by atoms with Crippen LogP contribution in [0, 0.1) is 16.0 Å². The molecule has 10 heteroatoms. The van der Waals surface area contributed by atoms with Crippen LogP contribution >= 0.6 is 12.2 Å². The van der Waals surface area contributed by atoms with Crippen molar-refractivity contribution in [1.82, 2.24) is 4.90 Å². The number of benzene rings is 1. The molecule has 0 radical (unpaired) electrons. The highest BCUT2D eigenvalue weighted by molar-refractivity contribution is 7.80. The van der Waals surface area contributed by atoms with Gasteiger partial charge in [0.15, 0.2) is 0 Å². The van der Waals surface area contributed by atoms with Gasteiger partial charge in [0.1, 0.15) is 5.92 Å². The quantitative estimate of drug-likeness (QED) is 0.318. The number of non-ortho nitro benzene ring substituents is 1. The van der Waals surface area contributed by atoms with Crippen molar-refractivity contribution in [3.63, 3.8) is 0 Å². The second kappa shape index (κ2) is 8.87. The summed E-state index contributed by atoms with van der Waals surface area (Å²) in [6, 6.07) is 4.71. The summed E-state index contributed by atoms with van der Waals surface area (Å²) in [5, 5.41) is 11.1. The van der Waals surface area contributed by atoms with E-state index in [2.05, 4.69) is 4.99 Å². The van der Waals surface area contributed by atoms with E-state index in [1.165, 1.54) is 18.2 Å². The number of hydrogen-bond acceptors (Lipinski definition) is 7. The van der Waals surface area contributed by atoms with E-state index >= 15 is 0 Å². The Labute approximate surface area is 167 Å². The van der Waals surface area contributed by atoms with E-state index in [-0.39, 0.29) is 17.4 Å². The molecule has 1 aliphatic rings. The van der Waals surface area contributed by atoms with Gasteiger partial charge in [0.2, 0.25) is 5.11 Å². The fourth-order valence-corrected chi connectivity index (χ4v) is 3.26. The molecule has 0 bridgehead atoms. The summed E-state index contributed by atoms with van der Waals surface area (Å²) < 4.78 is 10.4. The van der Waals surface area contributed by atoms with Gasteiger partial charge < -0.3 is 9.47 Å². The maximum Gasteiger partial charge on any atom is 0.416 e. The Morgan fingerprint density at radius 1 is 1.39 bits per heavy atom. The number of ether oxygens (including phenoxy) is 2. The number of nitro benzene ring substituents is 1. The van der Waals surface area contributed by atoms with E-state index in [0.29, 0.717) is 11.3 Å². The summed E-state index contributed by atoms with van der Waals surface area (Å²) in [7, 11) is 0. The highest BCUT2D eigenvalue weighted by Gasteiger charge is 2.45. The van der Waals surface area contributed by atoms with E-state index in [9.17, 15) is 19.7 Å². The third-order valence-electron chi connectivity index (χ3n) is 4.01. The Morgan fingerprint density at radius 3 is 2.64 bits per heavy atom. The van der Waals surface area contributed by atoms with Crippen LogP contribution in [0.25, 0.3) is 0 Å². The lowest BCUT2D eigenvalue weighted by Gasteiger charge is -2.38. The maximum atomic E-state index is 12.8. The molecule has 2 atom stereocenters. The zero-order chi connectivity index (χ0) is 21.0. The molecular formula is C18H21N3O6S. The van der Waals surface area contributed by atoms with Crippen molar-refractivity contribution in [3.8, 4) is 0 Å². The second-order valence-corrected chi connectivity index (χ2v) is 6.73. The van der Waals surface area contributed by atoms with Gasteiger partial charge in [-0.05, 0) is 45.5 Å².